The minimum Gasteiger partial charge on any atom is -0.491 e. The molecule has 0 spiro atoms. The molecule has 1 amide bonds. The number of hydrogen-bond donors (Lipinski definition) is 0. The Balaban J connectivity index is 1.20. The molecule has 4 heteroatoms. The number of carbonyl (C=O) groups excluding carboxylic acids is 1. The van der Waals surface area contributed by atoms with Gasteiger partial charge in [0, 0.05) is 38.3 Å². The molecule has 4 nitrogen and oxygen atoms in total. The van der Waals surface area contributed by atoms with Crippen molar-refractivity contribution in [2.24, 2.45) is 23.2 Å². The third-order valence-corrected chi connectivity index (χ3v) is 7.88. The summed E-state index contributed by atoms with van der Waals surface area (Å²) in [6.07, 6.45) is 7.92. The summed E-state index contributed by atoms with van der Waals surface area (Å²) in [5, 5.41) is 0. The van der Waals surface area contributed by atoms with E-state index in [0.717, 1.165) is 56.2 Å². The smallest absolute Gasteiger partial charge is 0.228 e. The highest BCUT2D eigenvalue weighted by Crippen LogP contribution is 2.60. The van der Waals surface area contributed by atoms with Crippen LogP contribution >= 0.6 is 0 Å². The molecule has 4 bridgehead atoms. The Bertz CT molecular complexity index is 716. The molecule has 0 atom stereocenters. The molecule has 6 rings (SSSR count). The van der Waals surface area contributed by atoms with E-state index in [4.69, 9.17) is 4.74 Å². The van der Waals surface area contributed by atoms with Gasteiger partial charge in [0.05, 0.1) is 11.5 Å². The molecule has 5 aliphatic rings. The maximum Gasteiger partial charge on any atom is 0.228 e. The van der Waals surface area contributed by atoms with Crippen molar-refractivity contribution in [2.75, 3.05) is 26.2 Å². The standard InChI is InChI=1S/C25H36N2O2/c1-18(2)29-23-6-4-3-5-22(23)17-26-7-9-27(10-8-26)24(28)25-14-19-11-20(15-25)13-21(12-19)16-25/h3-6,18-21H,7-17H2,1-2H3. The number of nitrogens with zero attached hydrogens (tertiary/aromatic N) is 2. The number of hydrogen-bond acceptors (Lipinski definition) is 3. The van der Waals surface area contributed by atoms with E-state index in [1.807, 2.05) is 6.07 Å². The van der Waals surface area contributed by atoms with Gasteiger partial charge >= 0.3 is 0 Å². The Kier molecular flexibility index (Phi) is 5.09. The van der Waals surface area contributed by atoms with Gasteiger partial charge in [0.2, 0.25) is 5.91 Å². The lowest BCUT2D eigenvalue weighted by Gasteiger charge is -2.57. The van der Waals surface area contributed by atoms with Gasteiger partial charge in [0.25, 0.3) is 0 Å². The summed E-state index contributed by atoms with van der Waals surface area (Å²) in [6, 6.07) is 8.38. The number of ether oxygens (including phenoxy) is 1. The van der Waals surface area contributed by atoms with Crippen molar-refractivity contribution < 1.29 is 9.53 Å². The minimum absolute atomic E-state index is 0.00856. The maximum absolute atomic E-state index is 13.6. The summed E-state index contributed by atoms with van der Waals surface area (Å²) in [7, 11) is 0. The fourth-order valence-corrected chi connectivity index (χ4v) is 7.06. The van der Waals surface area contributed by atoms with Crippen LogP contribution in [-0.4, -0.2) is 48.0 Å². The zero-order chi connectivity index (χ0) is 20.0. The Morgan fingerprint density at radius 3 is 2.17 bits per heavy atom. The fourth-order valence-electron chi connectivity index (χ4n) is 7.06. The third kappa shape index (κ3) is 3.81. The van der Waals surface area contributed by atoms with E-state index in [0.29, 0.717) is 5.91 Å². The molecule has 1 aliphatic heterocycles. The Hall–Kier alpha value is -1.55. The van der Waals surface area contributed by atoms with Crippen LogP contribution in [0.15, 0.2) is 24.3 Å². The molecule has 1 aromatic carbocycles. The molecule has 0 unspecified atom stereocenters. The largest absolute Gasteiger partial charge is 0.491 e. The first-order chi connectivity index (χ1) is 14.0. The van der Waals surface area contributed by atoms with Crippen LogP contribution in [0.3, 0.4) is 0 Å². The second-order valence-electron chi connectivity index (χ2n) is 10.5. The van der Waals surface area contributed by atoms with Crippen molar-refractivity contribution in [1.82, 2.24) is 9.80 Å². The highest BCUT2D eigenvalue weighted by molar-refractivity contribution is 5.83. The predicted molar refractivity (Wildman–Crippen MR) is 115 cm³/mol. The zero-order valence-electron chi connectivity index (χ0n) is 18.1. The van der Waals surface area contributed by atoms with Gasteiger partial charge in [0.1, 0.15) is 5.75 Å². The molecule has 1 heterocycles. The zero-order valence-corrected chi connectivity index (χ0v) is 18.1. The Morgan fingerprint density at radius 2 is 1.59 bits per heavy atom. The molecule has 158 valence electrons. The number of benzene rings is 1. The second-order valence-corrected chi connectivity index (χ2v) is 10.5. The highest BCUT2D eigenvalue weighted by Gasteiger charge is 2.55. The average Bonchev–Trinajstić information content (AvgIpc) is 2.68. The summed E-state index contributed by atoms with van der Waals surface area (Å²) in [5.41, 5.74) is 1.26. The fraction of sp³-hybridized carbons (Fsp3) is 0.720. The Morgan fingerprint density at radius 1 is 1.00 bits per heavy atom. The van der Waals surface area contributed by atoms with E-state index >= 15 is 0 Å². The van der Waals surface area contributed by atoms with Gasteiger partial charge in [-0.1, -0.05) is 18.2 Å². The monoisotopic (exact) mass is 396 g/mol. The SMILES string of the molecule is CC(C)Oc1ccccc1CN1CCN(C(=O)C23CC4CC(CC(C4)C2)C3)CC1. The predicted octanol–water partition coefficient (Wildman–Crippen LogP) is 4.33. The number of carbonyl (C=O) groups is 1. The van der Waals surface area contributed by atoms with Crippen molar-refractivity contribution >= 4 is 5.91 Å². The Labute approximate surface area is 175 Å². The van der Waals surface area contributed by atoms with Gasteiger partial charge in [-0.3, -0.25) is 9.69 Å². The number of amides is 1. The molecular formula is C25H36N2O2. The molecule has 0 radical (unpaired) electrons. The van der Waals surface area contributed by atoms with Crippen LogP contribution in [0, 0.1) is 23.2 Å². The molecule has 1 aromatic rings. The lowest BCUT2D eigenvalue weighted by Crippen LogP contribution is -2.58. The van der Waals surface area contributed by atoms with Gasteiger partial charge in [-0.15, -0.1) is 0 Å². The minimum atomic E-state index is 0.00856. The summed E-state index contributed by atoms with van der Waals surface area (Å²) < 4.78 is 5.99. The number of para-hydroxylation sites is 1. The van der Waals surface area contributed by atoms with Gasteiger partial charge < -0.3 is 9.64 Å². The molecule has 0 N–H and O–H groups in total. The molecule has 5 fully saturated rings. The lowest BCUT2D eigenvalue weighted by atomic mass is 9.49. The first-order valence-corrected chi connectivity index (χ1v) is 11.8. The summed E-state index contributed by atoms with van der Waals surface area (Å²) in [4.78, 5) is 18.3. The third-order valence-electron chi connectivity index (χ3n) is 7.88. The summed E-state index contributed by atoms with van der Waals surface area (Å²) in [6.45, 7) is 8.75. The van der Waals surface area contributed by atoms with Crippen LogP contribution in [0.2, 0.25) is 0 Å². The molecule has 4 aliphatic carbocycles. The van der Waals surface area contributed by atoms with Gasteiger partial charge in [-0.05, 0) is 76.2 Å². The number of rotatable bonds is 5. The van der Waals surface area contributed by atoms with Crippen LogP contribution in [0.4, 0.5) is 0 Å². The molecular weight excluding hydrogens is 360 g/mol. The van der Waals surface area contributed by atoms with Crippen molar-refractivity contribution in [1.29, 1.82) is 0 Å². The van der Waals surface area contributed by atoms with Gasteiger partial charge in [-0.25, -0.2) is 0 Å². The molecule has 1 saturated heterocycles. The number of piperazine rings is 1. The van der Waals surface area contributed by atoms with Crippen LogP contribution < -0.4 is 4.74 Å². The lowest BCUT2D eigenvalue weighted by molar-refractivity contribution is -0.159. The maximum atomic E-state index is 13.6. The van der Waals surface area contributed by atoms with E-state index in [1.54, 1.807) is 0 Å². The van der Waals surface area contributed by atoms with Crippen molar-refractivity contribution in [3.05, 3.63) is 29.8 Å². The summed E-state index contributed by atoms with van der Waals surface area (Å²) in [5.74, 6) is 4.01. The van der Waals surface area contributed by atoms with E-state index in [1.165, 1.54) is 44.1 Å². The first kappa shape index (κ1) is 19.4. The van der Waals surface area contributed by atoms with E-state index in [9.17, 15) is 4.79 Å². The quantitative estimate of drug-likeness (QED) is 0.742. The topological polar surface area (TPSA) is 32.8 Å². The van der Waals surface area contributed by atoms with Crippen LogP contribution in [-0.2, 0) is 11.3 Å². The normalized spacial score (nSPS) is 34.0. The van der Waals surface area contributed by atoms with E-state index in [2.05, 4.69) is 41.8 Å². The van der Waals surface area contributed by atoms with Crippen LogP contribution in [0.25, 0.3) is 0 Å². The average molecular weight is 397 g/mol. The van der Waals surface area contributed by atoms with Gasteiger partial charge in [-0.2, -0.15) is 0 Å². The summed E-state index contributed by atoms with van der Waals surface area (Å²) >= 11 is 0. The first-order valence-electron chi connectivity index (χ1n) is 11.8. The van der Waals surface area contributed by atoms with Crippen molar-refractivity contribution in [2.45, 2.75) is 65.0 Å². The highest BCUT2D eigenvalue weighted by atomic mass is 16.5. The van der Waals surface area contributed by atoms with Crippen LogP contribution in [0.1, 0.15) is 57.9 Å². The molecule has 4 saturated carbocycles. The van der Waals surface area contributed by atoms with E-state index in [-0.39, 0.29) is 11.5 Å². The van der Waals surface area contributed by atoms with E-state index < -0.39 is 0 Å². The second kappa shape index (κ2) is 7.61. The van der Waals surface area contributed by atoms with Crippen molar-refractivity contribution in [3.63, 3.8) is 0 Å². The van der Waals surface area contributed by atoms with Crippen LogP contribution in [0.5, 0.6) is 5.75 Å². The molecule has 29 heavy (non-hydrogen) atoms. The molecule has 0 aromatic heterocycles. The van der Waals surface area contributed by atoms with Crippen molar-refractivity contribution in [3.8, 4) is 5.75 Å². The van der Waals surface area contributed by atoms with Gasteiger partial charge in [0.15, 0.2) is 0 Å².